The fourth-order valence-electron chi connectivity index (χ4n) is 1.93. The number of amides is 1. The number of phenols is 1. The number of pyridine rings is 1. The van der Waals surface area contributed by atoms with Gasteiger partial charge in [0.15, 0.2) is 0 Å². The molecule has 2 aromatic rings. The molecule has 6 heteroatoms. The monoisotopic (exact) mass is 322 g/mol. The summed E-state index contributed by atoms with van der Waals surface area (Å²) < 4.78 is 0. The molecule has 24 heavy (non-hydrogen) atoms. The van der Waals surface area contributed by atoms with Crippen molar-refractivity contribution in [2.24, 2.45) is 0 Å². The first kappa shape index (κ1) is 17.0. The number of nitrogens with zero attached hydrogens (tertiary/aromatic N) is 2. The van der Waals surface area contributed by atoms with E-state index in [0.29, 0.717) is 18.8 Å². The van der Waals surface area contributed by atoms with E-state index in [1.54, 1.807) is 36.5 Å². The lowest BCUT2D eigenvalue weighted by atomic mass is 10.1. The van der Waals surface area contributed by atoms with E-state index in [1.807, 2.05) is 19.1 Å². The molecule has 0 unspecified atom stereocenters. The summed E-state index contributed by atoms with van der Waals surface area (Å²) in [5.74, 6) is 0.314. The molecular weight excluding hydrogens is 304 g/mol. The number of phenolic OH excluding ortho intramolecular Hbond substituents is 1. The number of anilines is 1. The molecule has 6 nitrogen and oxygen atoms in total. The maximum atomic E-state index is 12.0. The predicted molar refractivity (Wildman–Crippen MR) is 91.1 cm³/mol. The highest BCUT2D eigenvalue weighted by Gasteiger charge is 2.08. The third-order valence-corrected chi connectivity index (χ3v) is 3.28. The number of nitrogens with one attached hydrogen (secondary N) is 2. The highest BCUT2D eigenvalue weighted by Crippen LogP contribution is 2.09. The second kappa shape index (κ2) is 8.34. The van der Waals surface area contributed by atoms with Gasteiger partial charge >= 0.3 is 0 Å². The molecule has 1 amide bonds. The van der Waals surface area contributed by atoms with Crippen LogP contribution in [0.5, 0.6) is 5.75 Å². The number of carbonyl (C=O) groups excluding carboxylic acids is 1. The maximum Gasteiger partial charge on any atom is 0.263 e. The maximum absolute atomic E-state index is 12.0. The zero-order valence-corrected chi connectivity index (χ0v) is 13.3. The van der Waals surface area contributed by atoms with E-state index >= 15 is 0 Å². The number of nitriles is 1. The van der Waals surface area contributed by atoms with Crippen LogP contribution in [0.25, 0.3) is 0 Å². The molecule has 1 aromatic carbocycles. The SMILES string of the molecule is Cc1ccc(N/C=C(/C#N)C(=O)NCCc2ccc(O)cc2)nc1. The quantitative estimate of drug-likeness (QED) is 0.560. The molecule has 0 saturated heterocycles. The summed E-state index contributed by atoms with van der Waals surface area (Å²) in [6.45, 7) is 2.32. The van der Waals surface area contributed by atoms with Crippen molar-refractivity contribution in [3.63, 3.8) is 0 Å². The molecule has 0 saturated carbocycles. The van der Waals surface area contributed by atoms with Crippen molar-refractivity contribution in [1.82, 2.24) is 10.3 Å². The Kier molecular flexibility index (Phi) is 5.92. The number of aromatic hydroxyl groups is 1. The van der Waals surface area contributed by atoms with Gasteiger partial charge in [0.25, 0.3) is 5.91 Å². The van der Waals surface area contributed by atoms with Crippen molar-refractivity contribution < 1.29 is 9.90 Å². The second-order valence-corrected chi connectivity index (χ2v) is 5.21. The molecule has 0 aliphatic carbocycles. The van der Waals surface area contributed by atoms with Crippen molar-refractivity contribution in [3.05, 3.63) is 65.5 Å². The van der Waals surface area contributed by atoms with E-state index < -0.39 is 5.91 Å². The van der Waals surface area contributed by atoms with Crippen LogP contribution in [0.1, 0.15) is 11.1 Å². The molecule has 1 aromatic heterocycles. The first-order valence-electron chi connectivity index (χ1n) is 7.44. The number of carbonyl (C=O) groups is 1. The summed E-state index contributed by atoms with van der Waals surface area (Å²) in [5, 5.41) is 23.8. The van der Waals surface area contributed by atoms with Gasteiger partial charge in [0.1, 0.15) is 23.2 Å². The number of aryl methyl sites for hydroxylation is 1. The average Bonchev–Trinajstić information content (AvgIpc) is 2.59. The van der Waals surface area contributed by atoms with Crippen LogP contribution >= 0.6 is 0 Å². The number of rotatable bonds is 6. The first-order chi connectivity index (χ1) is 11.6. The Morgan fingerprint density at radius 3 is 2.67 bits per heavy atom. The summed E-state index contributed by atoms with van der Waals surface area (Å²) in [5.41, 5.74) is 1.98. The Balaban J connectivity index is 1.86. The van der Waals surface area contributed by atoms with Gasteiger partial charge in [0.05, 0.1) is 0 Å². The predicted octanol–water partition coefficient (Wildman–Crippen LogP) is 2.27. The Hall–Kier alpha value is -3.33. The van der Waals surface area contributed by atoms with Crippen molar-refractivity contribution in [2.45, 2.75) is 13.3 Å². The minimum Gasteiger partial charge on any atom is -0.508 e. The van der Waals surface area contributed by atoms with Crippen LogP contribution in [0.3, 0.4) is 0 Å². The van der Waals surface area contributed by atoms with Crippen LogP contribution in [-0.4, -0.2) is 22.5 Å². The standard InChI is InChI=1S/C18H18N4O2/c1-13-2-7-17(21-11-13)22-12-15(10-19)18(24)20-9-8-14-3-5-16(23)6-4-14/h2-7,11-12,23H,8-9H2,1H3,(H,20,24)(H,21,22)/b15-12-. The van der Waals surface area contributed by atoms with Crippen molar-refractivity contribution in [2.75, 3.05) is 11.9 Å². The summed E-state index contributed by atoms with van der Waals surface area (Å²) in [4.78, 5) is 16.1. The lowest BCUT2D eigenvalue weighted by molar-refractivity contribution is -0.117. The van der Waals surface area contributed by atoms with E-state index in [9.17, 15) is 9.90 Å². The van der Waals surface area contributed by atoms with Crippen LogP contribution in [0.2, 0.25) is 0 Å². The molecule has 0 radical (unpaired) electrons. The normalized spacial score (nSPS) is 10.8. The van der Waals surface area contributed by atoms with Gasteiger partial charge in [0, 0.05) is 18.9 Å². The molecule has 2 rings (SSSR count). The van der Waals surface area contributed by atoms with E-state index in [1.165, 1.54) is 6.20 Å². The van der Waals surface area contributed by atoms with Crippen LogP contribution in [0, 0.1) is 18.3 Å². The Morgan fingerprint density at radius 1 is 1.29 bits per heavy atom. The summed E-state index contributed by atoms with van der Waals surface area (Å²) in [6, 6.07) is 12.3. The largest absolute Gasteiger partial charge is 0.508 e. The molecule has 3 N–H and O–H groups in total. The summed E-state index contributed by atoms with van der Waals surface area (Å²) in [6.07, 6.45) is 3.64. The Bertz CT molecular complexity index is 759. The lowest BCUT2D eigenvalue weighted by Crippen LogP contribution is -2.27. The van der Waals surface area contributed by atoms with Gasteiger partial charge in [-0.1, -0.05) is 18.2 Å². The zero-order valence-electron chi connectivity index (χ0n) is 13.3. The molecule has 0 aliphatic heterocycles. The van der Waals surface area contributed by atoms with Gasteiger partial charge in [-0.05, 0) is 42.7 Å². The molecule has 0 fully saturated rings. The molecule has 1 heterocycles. The van der Waals surface area contributed by atoms with Crippen molar-refractivity contribution >= 4 is 11.7 Å². The highest BCUT2D eigenvalue weighted by atomic mass is 16.3. The van der Waals surface area contributed by atoms with Crippen molar-refractivity contribution in [3.8, 4) is 11.8 Å². The summed E-state index contributed by atoms with van der Waals surface area (Å²) >= 11 is 0. The van der Waals surface area contributed by atoms with E-state index in [4.69, 9.17) is 5.26 Å². The van der Waals surface area contributed by atoms with Crippen LogP contribution < -0.4 is 10.6 Å². The fraction of sp³-hybridized carbons (Fsp3) is 0.167. The molecular formula is C18H18N4O2. The summed E-state index contributed by atoms with van der Waals surface area (Å²) in [7, 11) is 0. The Morgan fingerprint density at radius 2 is 2.04 bits per heavy atom. The third kappa shape index (κ3) is 5.14. The van der Waals surface area contributed by atoms with E-state index in [2.05, 4.69) is 15.6 Å². The first-order valence-corrected chi connectivity index (χ1v) is 7.44. The number of hydrogen-bond donors (Lipinski definition) is 3. The molecule has 0 spiro atoms. The minimum absolute atomic E-state index is 0.0249. The highest BCUT2D eigenvalue weighted by molar-refractivity contribution is 5.97. The third-order valence-electron chi connectivity index (χ3n) is 3.28. The van der Waals surface area contributed by atoms with Gasteiger partial charge in [0.2, 0.25) is 0 Å². The molecule has 122 valence electrons. The van der Waals surface area contributed by atoms with E-state index in [-0.39, 0.29) is 11.3 Å². The van der Waals surface area contributed by atoms with Crippen LogP contribution in [-0.2, 0) is 11.2 Å². The average molecular weight is 322 g/mol. The number of hydrogen-bond acceptors (Lipinski definition) is 5. The lowest BCUT2D eigenvalue weighted by Gasteiger charge is -2.05. The molecule has 0 bridgehead atoms. The van der Waals surface area contributed by atoms with E-state index in [0.717, 1.165) is 11.1 Å². The van der Waals surface area contributed by atoms with Gasteiger partial charge in [-0.2, -0.15) is 5.26 Å². The van der Waals surface area contributed by atoms with Gasteiger partial charge < -0.3 is 15.7 Å². The smallest absolute Gasteiger partial charge is 0.263 e. The second-order valence-electron chi connectivity index (χ2n) is 5.21. The topological polar surface area (TPSA) is 98.0 Å². The van der Waals surface area contributed by atoms with Crippen LogP contribution in [0.15, 0.2) is 54.4 Å². The zero-order chi connectivity index (χ0) is 17.4. The fourth-order valence-corrected chi connectivity index (χ4v) is 1.93. The molecule has 0 atom stereocenters. The molecule has 0 aliphatic rings. The van der Waals surface area contributed by atoms with Gasteiger partial charge in [-0.15, -0.1) is 0 Å². The number of aromatic nitrogens is 1. The van der Waals surface area contributed by atoms with Crippen molar-refractivity contribution in [1.29, 1.82) is 5.26 Å². The van der Waals surface area contributed by atoms with Gasteiger partial charge in [-0.25, -0.2) is 4.98 Å². The number of benzene rings is 1. The minimum atomic E-state index is -0.448. The van der Waals surface area contributed by atoms with Gasteiger partial charge in [-0.3, -0.25) is 4.79 Å². The van der Waals surface area contributed by atoms with Crippen LogP contribution in [0.4, 0.5) is 5.82 Å². The Labute approximate surface area is 140 Å².